The zero-order valence-corrected chi connectivity index (χ0v) is 14.3. The maximum absolute atomic E-state index is 12.1. The Morgan fingerprint density at radius 1 is 0.885 bits per heavy atom. The molecule has 0 saturated heterocycles. The molecular formula is C20H19F3N2O. The summed E-state index contributed by atoms with van der Waals surface area (Å²) < 4.78 is 40.1. The van der Waals surface area contributed by atoms with Crippen LogP contribution < -0.4 is 4.74 Å². The average Bonchev–Trinajstić information content (AvgIpc) is 2.60. The molecule has 0 aromatic heterocycles. The summed E-state index contributed by atoms with van der Waals surface area (Å²) in [7, 11) is 0. The van der Waals surface area contributed by atoms with Crippen LogP contribution in [0.1, 0.15) is 30.0 Å². The van der Waals surface area contributed by atoms with E-state index in [1.54, 1.807) is 6.21 Å². The predicted octanol–water partition coefficient (Wildman–Crippen LogP) is 5.55. The van der Waals surface area contributed by atoms with Crippen LogP contribution in [0.25, 0.3) is 0 Å². The lowest BCUT2D eigenvalue weighted by molar-refractivity contribution is -0.274. The van der Waals surface area contributed by atoms with Gasteiger partial charge in [0, 0.05) is 0 Å². The third-order valence-corrected chi connectivity index (χ3v) is 3.41. The lowest BCUT2D eigenvalue weighted by atomic mass is 10.1. The second-order valence-electron chi connectivity index (χ2n) is 5.46. The molecule has 0 amide bonds. The molecule has 0 N–H and O–H groups in total. The topological polar surface area (TPSA) is 34.0 Å². The van der Waals surface area contributed by atoms with E-state index in [0.717, 1.165) is 18.4 Å². The standard InChI is InChI=1S/C20H19F3N2O/c1-2-3-4-5-16-6-8-17(9-7-16)14-24-25-15-18-10-12-19(13-11-18)26-20(21,22)23/h2-3,6-15H,4-5H2,1H3/b3-2+,24-14?,25-15?. The van der Waals surface area contributed by atoms with E-state index in [0.29, 0.717) is 5.56 Å². The molecule has 136 valence electrons. The molecule has 0 saturated carbocycles. The van der Waals surface area contributed by atoms with Gasteiger partial charge in [-0.25, -0.2) is 0 Å². The minimum Gasteiger partial charge on any atom is -0.406 e. The molecule has 0 heterocycles. The highest BCUT2D eigenvalue weighted by atomic mass is 19.4. The number of allylic oxidation sites excluding steroid dienone is 2. The summed E-state index contributed by atoms with van der Waals surface area (Å²) in [6, 6.07) is 13.4. The highest BCUT2D eigenvalue weighted by molar-refractivity contribution is 5.82. The van der Waals surface area contributed by atoms with Gasteiger partial charge >= 0.3 is 6.36 Å². The molecule has 0 radical (unpaired) electrons. The van der Waals surface area contributed by atoms with E-state index in [1.165, 1.54) is 36.0 Å². The fraction of sp³-hybridized carbons (Fsp3) is 0.200. The van der Waals surface area contributed by atoms with Crippen LogP contribution in [-0.2, 0) is 6.42 Å². The Labute approximate surface area is 150 Å². The third-order valence-electron chi connectivity index (χ3n) is 3.41. The van der Waals surface area contributed by atoms with Crippen molar-refractivity contribution in [2.24, 2.45) is 10.2 Å². The van der Waals surface area contributed by atoms with Crippen molar-refractivity contribution >= 4 is 12.4 Å². The second-order valence-corrected chi connectivity index (χ2v) is 5.46. The van der Waals surface area contributed by atoms with E-state index in [-0.39, 0.29) is 5.75 Å². The minimum atomic E-state index is -4.69. The van der Waals surface area contributed by atoms with E-state index in [9.17, 15) is 13.2 Å². The second kappa shape index (κ2) is 9.56. The van der Waals surface area contributed by atoms with Gasteiger partial charge in [-0.1, -0.05) is 36.4 Å². The number of rotatable bonds is 7. The first kappa shape index (κ1) is 19.4. The van der Waals surface area contributed by atoms with Crippen LogP contribution in [0.15, 0.2) is 70.9 Å². The molecule has 2 aromatic carbocycles. The number of nitrogens with zero attached hydrogens (tertiary/aromatic N) is 2. The van der Waals surface area contributed by atoms with Crippen molar-refractivity contribution in [3.05, 3.63) is 77.4 Å². The number of hydrogen-bond acceptors (Lipinski definition) is 3. The molecule has 6 heteroatoms. The zero-order chi connectivity index (χ0) is 18.8. The van der Waals surface area contributed by atoms with Crippen LogP contribution in [0.5, 0.6) is 5.75 Å². The number of benzene rings is 2. The van der Waals surface area contributed by atoms with Gasteiger partial charge in [-0.3, -0.25) is 0 Å². The Morgan fingerprint density at radius 2 is 1.42 bits per heavy atom. The maximum Gasteiger partial charge on any atom is 0.573 e. The largest absolute Gasteiger partial charge is 0.573 e. The molecule has 0 spiro atoms. The van der Waals surface area contributed by atoms with E-state index in [2.05, 4.69) is 21.0 Å². The van der Waals surface area contributed by atoms with Gasteiger partial charge in [-0.15, -0.1) is 13.2 Å². The lowest BCUT2D eigenvalue weighted by Crippen LogP contribution is -2.16. The Kier molecular flexibility index (Phi) is 7.14. The minimum absolute atomic E-state index is 0.271. The summed E-state index contributed by atoms with van der Waals surface area (Å²) >= 11 is 0. The SMILES string of the molecule is C/C=C/CCc1ccc(C=NN=Cc2ccc(OC(F)(F)F)cc2)cc1. The highest BCUT2D eigenvalue weighted by Crippen LogP contribution is 2.22. The van der Waals surface area contributed by atoms with Crippen molar-refractivity contribution in [1.29, 1.82) is 0 Å². The average molecular weight is 360 g/mol. The summed E-state index contributed by atoms with van der Waals surface area (Å²) in [5.41, 5.74) is 2.80. The monoisotopic (exact) mass is 360 g/mol. The van der Waals surface area contributed by atoms with Crippen LogP contribution in [0.3, 0.4) is 0 Å². The molecule has 3 nitrogen and oxygen atoms in total. The molecule has 0 unspecified atom stereocenters. The summed E-state index contributed by atoms with van der Waals surface area (Å²) in [5.74, 6) is -0.271. The van der Waals surface area contributed by atoms with Gasteiger partial charge in [-0.2, -0.15) is 10.2 Å². The summed E-state index contributed by atoms with van der Waals surface area (Å²) in [6.07, 6.45) is 4.56. The normalized spacial score (nSPS) is 12.5. The molecule has 0 atom stereocenters. The molecule has 0 fully saturated rings. The van der Waals surface area contributed by atoms with Gasteiger partial charge in [-0.05, 0) is 60.7 Å². The number of alkyl halides is 3. The van der Waals surface area contributed by atoms with Crippen LogP contribution in [-0.4, -0.2) is 18.8 Å². The van der Waals surface area contributed by atoms with E-state index >= 15 is 0 Å². The van der Waals surface area contributed by atoms with E-state index in [1.807, 2.05) is 37.3 Å². The van der Waals surface area contributed by atoms with E-state index in [4.69, 9.17) is 0 Å². The quantitative estimate of drug-likeness (QED) is 0.362. The lowest BCUT2D eigenvalue weighted by Gasteiger charge is -2.08. The molecule has 0 aliphatic rings. The Hall–Kier alpha value is -2.89. The fourth-order valence-electron chi connectivity index (χ4n) is 2.14. The summed E-state index contributed by atoms with van der Waals surface area (Å²) in [5, 5.41) is 7.84. The highest BCUT2D eigenvalue weighted by Gasteiger charge is 2.30. The van der Waals surface area contributed by atoms with Gasteiger partial charge in [0.2, 0.25) is 0 Å². The van der Waals surface area contributed by atoms with Gasteiger partial charge in [0.25, 0.3) is 0 Å². The third kappa shape index (κ3) is 7.34. The molecule has 26 heavy (non-hydrogen) atoms. The Morgan fingerprint density at radius 3 is 1.92 bits per heavy atom. The van der Waals surface area contributed by atoms with Crippen molar-refractivity contribution in [3.63, 3.8) is 0 Å². The summed E-state index contributed by atoms with van der Waals surface area (Å²) in [4.78, 5) is 0. The van der Waals surface area contributed by atoms with Crippen molar-refractivity contribution in [2.45, 2.75) is 26.1 Å². The summed E-state index contributed by atoms with van der Waals surface area (Å²) in [6.45, 7) is 2.00. The number of halogens is 3. The van der Waals surface area contributed by atoms with Gasteiger partial charge in [0.1, 0.15) is 5.75 Å². The fourth-order valence-corrected chi connectivity index (χ4v) is 2.14. The first-order valence-corrected chi connectivity index (χ1v) is 8.08. The molecule has 2 aromatic rings. The van der Waals surface area contributed by atoms with Crippen LogP contribution in [0.4, 0.5) is 13.2 Å². The van der Waals surface area contributed by atoms with Crippen molar-refractivity contribution in [1.82, 2.24) is 0 Å². The van der Waals surface area contributed by atoms with Crippen molar-refractivity contribution < 1.29 is 17.9 Å². The molecule has 2 rings (SSSR count). The zero-order valence-electron chi connectivity index (χ0n) is 14.3. The number of ether oxygens (including phenoxy) is 1. The molecule has 0 bridgehead atoms. The molecule has 0 aliphatic heterocycles. The van der Waals surface area contributed by atoms with Gasteiger partial charge in [0.15, 0.2) is 0 Å². The van der Waals surface area contributed by atoms with Crippen LogP contribution in [0, 0.1) is 0 Å². The van der Waals surface area contributed by atoms with Crippen LogP contribution in [0.2, 0.25) is 0 Å². The van der Waals surface area contributed by atoms with E-state index < -0.39 is 6.36 Å². The van der Waals surface area contributed by atoms with Gasteiger partial charge in [0.05, 0.1) is 12.4 Å². The van der Waals surface area contributed by atoms with Crippen molar-refractivity contribution in [2.75, 3.05) is 0 Å². The smallest absolute Gasteiger partial charge is 0.406 e. The first-order chi connectivity index (χ1) is 12.5. The first-order valence-electron chi connectivity index (χ1n) is 8.08. The maximum atomic E-state index is 12.1. The van der Waals surface area contributed by atoms with Gasteiger partial charge < -0.3 is 4.74 Å². The Bertz CT molecular complexity index is 761. The predicted molar refractivity (Wildman–Crippen MR) is 97.9 cm³/mol. The number of hydrogen-bond donors (Lipinski definition) is 0. The number of aryl methyl sites for hydroxylation is 1. The molecular weight excluding hydrogens is 341 g/mol. The van der Waals surface area contributed by atoms with Crippen molar-refractivity contribution in [3.8, 4) is 5.75 Å². The molecule has 0 aliphatic carbocycles. The van der Waals surface area contributed by atoms with Crippen LogP contribution >= 0.6 is 0 Å². The Balaban J connectivity index is 1.87.